The highest BCUT2D eigenvalue weighted by molar-refractivity contribution is 9.10. The molecule has 0 spiro atoms. The maximum Gasteiger partial charge on any atom is 0.0571 e. The van der Waals surface area contributed by atoms with Gasteiger partial charge in [0.25, 0.3) is 0 Å². The Hall–Kier alpha value is -1.16. The second kappa shape index (κ2) is 5.56. The molecule has 0 amide bonds. The molecule has 0 saturated heterocycles. The van der Waals surface area contributed by atoms with E-state index in [4.69, 9.17) is 5.73 Å². The van der Waals surface area contributed by atoms with Crippen LogP contribution in [-0.4, -0.2) is 0 Å². The van der Waals surface area contributed by atoms with Gasteiger partial charge in [0.1, 0.15) is 0 Å². The second-order valence-corrected chi connectivity index (χ2v) is 7.33. The molecule has 1 nitrogen and oxygen atoms in total. The highest BCUT2D eigenvalue weighted by Crippen LogP contribution is 2.37. The van der Waals surface area contributed by atoms with Crippen molar-refractivity contribution in [1.29, 1.82) is 0 Å². The van der Waals surface area contributed by atoms with Gasteiger partial charge in [-0.1, -0.05) is 29.8 Å². The minimum absolute atomic E-state index is 0.0753. The van der Waals surface area contributed by atoms with E-state index in [9.17, 15) is 0 Å². The van der Waals surface area contributed by atoms with Gasteiger partial charge in [0.05, 0.1) is 6.04 Å². The molecule has 0 aliphatic heterocycles. The Balaban J connectivity index is 2.18. The molecule has 108 valence electrons. The number of hydrogen-bond donors (Lipinski definition) is 1. The minimum Gasteiger partial charge on any atom is -0.320 e. The van der Waals surface area contributed by atoms with E-state index in [2.05, 4.69) is 72.4 Å². The van der Waals surface area contributed by atoms with Crippen molar-refractivity contribution in [2.45, 2.75) is 26.8 Å². The Bertz CT molecular complexity index is 796. The average Bonchev–Trinajstić information content (AvgIpc) is 2.82. The summed E-state index contributed by atoms with van der Waals surface area (Å²) in [5.74, 6) is 0. The Morgan fingerprint density at radius 1 is 1.10 bits per heavy atom. The lowest BCUT2D eigenvalue weighted by atomic mass is 9.90. The van der Waals surface area contributed by atoms with Gasteiger partial charge in [-0.25, -0.2) is 0 Å². The van der Waals surface area contributed by atoms with Gasteiger partial charge in [0.15, 0.2) is 0 Å². The minimum atomic E-state index is -0.0753. The van der Waals surface area contributed by atoms with Crippen LogP contribution in [-0.2, 0) is 0 Å². The number of benzene rings is 2. The summed E-state index contributed by atoms with van der Waals surface area (Å²) >= 11 is 5.38. The monoisotopic (exact) mass is 359 g/mol. The molecule has 0 radical (unpaired) electrons. The van der Waals surface area contributed by atoms with Crippen LogP contribution in [0.3, 0.4) is 0 Å². The van der Waals surface area contributed by atoms with Crippen LogP contribution in [0.4, 0.5) is 0 Å². The third kappa shape index (κ3) is 2.54. The first kappa shape index (κ1) is 14.8. The summed E-state index contributed by atoms with van der Waals surface area (Å²) in [6, 6.07) is 10.7. The van der Waals surface area contributed by atoms with Crippen molar-refractivity contribution in [3.63, 3.8) is 0 Å². The zero-order valence-electron chi connectivity index (χ0n) is 12.4. The summed E-state index contributed by atoms with van der Waals surface area (Å²) in [5.41, 5.74) is 12.9. The first-order chi connectivity index (χ1) is 9.99. The molecule has 3 heteroatoms. The van der Waals surface area contributed by atoms with Gasteiger partial charge >= 0.3 is 0 Å². The maximum absolute atomic E-state index is 6.62. The number of halogens is 1. The highest BCUT2D eigenvalue weighted by atomic mass is 79.9. The molecule has 0 aliphatic rings. The van der Waals surface area contributed by atoms with Crippen LogP contribution in [0.25, 0.3) is 10.1 Å². The summed E-state index contributed by atoms with van der Waals surface area (Å²) in [5, 5.41) is 3.44. The molecule has 0 aliphatic carbocycles. The Morgan fingerprint density at radius 2 is 1.76 bits per heavy atom. The van der Waals surface area contributed by atoms with E-state index in [-0.39, 0.29) is 6.04 Å². The number of rotatable bonds is 2. The molecule has 0 bridgehead atoms. The predicted molar refractivity (Wildman–Crippen MR) is 96.2 cm³/mol. The molecule has 0 fully saturated rings. The lowest BCUT2D eigenvalue weighted by molar-refractivity contribution is 0.862. The van der Waals surface area contributed by atoms with Crippen molar-refractivity contribution in [2.24, 2.45) is 5.73 Å². The van der Waals surface area contributed by atoms with Gasteiger partial charge in [-0.2, -0.15) is 0 Å². The lowest BCUT2D eigenvalue weighted by Crippen LogP contribution is -2.14. The Morgan fingerprint density at radius 3 is 2.43 bits per heavy atom. The molecule has 3 aromatic rings. The molecular weight excluding hydrogens is 342 g/mol. The lowest BCUT2D eigenvalue weighted by Gasteiger charge is -2.18. The van der Waals surface area contributed by atoms with E-state index in [1.54, 1.807) is 11.3 Å². The van der Waals surface area contributed by atoms with Crippen molar-refractivity contribution in [3.8, 4) is 0 Å². The largest absolute Gasteiger partial charge is 0.320 e. The first-order valence-corrected chi connectivity index (χ1v) is 8.65. The van der Waals surface area contributed by atoms with Gasteiger partial charge < -0.3 is 5.73 Å². The van der Waals surface area contributed by atoms with Crippen LogP contribution < -0.4 is 5.73 Å². The fourth-order valence-corrected chi connectivity index (χ4v) is 4.78. The van der Waals surface area contributed by atoms with Crippen molar-refractivity contribution in [2.75, 3.05) is 0 Å². The van der Waals surface area contributed by atoms with Crippen LogP contribution in [0.5, 0.6) is 0 Å². The third-order valence-corrected chi connectivity index (χ3v) is 5.94. The average molecular weight is 360 g/mol. The molecule has 1 unspecified atom stereocenters. The van der Waals surface area contributed by atoms with E-state index in [1.165, 1.54) is 37.9 Å². The fraction of sp³-hybridized carbons (Fsp3) is 0.222. The van der Waals surface area contributed by atoms with Crippen molar-refractivity contribution in [3.05, 3.63) is 68.0 Å². The summed E-state index contributed by atoms with van der Waals surface area (Å²) in [7, 11) is 0. The molecule has 2 N–H and O–H groups in total. The quantitative estimate of drug-likeness (QED) is 0.629. The molecule has 2 aromatic carbocycles. The normalized spacial score (nSPS) is 12.8. The van der Waals surface area contributed by atoms with Gasteiger partial charge in [0, 0.05) is 9.17 Å². The van der Waals surface area contributed by atoms with Gasteiger partial charge in [0.2, 0.25) is 0 Å². The molecular formula is C18H18BrNS. The Kier molecular flexibility index (Phi) is 3.91. The summed E-state index contributed by atoms with van der Waals surface area (Å²) in [4.78, 5) is 0. The van der Waals surface area contributed by atoms with Crippen molar-refractivity contribution < 1.29 is 0 Å². The maximum atomic E-state index is 6.62. The van der Waals surface area contributed by atoms with E-state index in [0.29, 0.717) is 0 Å². The summed E-state index contributed by atoms with van der Waals surface area (Å²) in [6.07, 6.45) is 0. The van der Waals surface area contributed by atoms with Crippen LogP contribution in [0, 0.1) is 20.8 Å². The topological polar surface area (TPSA) is 26.0 Å². The van der Waals surface area contributed by atoms with Crippen molar-refractivity contribution >= 4 is 37.4 Å². The van der Waals surface area contributed by atoms with Crippen LogP contribution in [0.15, 0.2) is 40.2 Å². The van der Waals surface area contributed by atoms with Crippen LogP contribution in [0.1, 0.15) is 33.9 Å². The van der Waals surface area contributed by atoms with Gasteiger partial charge in [-0.05, 0) is 75.8 Å². The summed E-state index contributed by atoms with van der Waals surface area (Å²) in [6.45, 7) is 6.44. The molecule has 3 rings (SSSR count). The van der Waals surface area contributed by atoms with Gasteiger partial charge in [-0.15, -0.1) is 11.3 Å². The van der Waals surface area contributed by atoms with E-state index < -0.39 is 0 Å². The zero-order valence-corrected chi connectivity index (χ0v) is 14.8. The second-order valence-electron chi connectivity index (χ2n) is 5.60. The number of nitrogens with two attached hydrogens (primary N) is 1. The number of aryl methyl sites for hydroxylation is 3. The Labute approximate surface area is 137 Å². The van der Waals surface area contributed by atoms with Crippen LogP contribution in [0.2, 0.25) is 0 Å². The fourth-order valence-electron chi connectivity index (χ4n) is 3.12. The third-order valence-electron chi connectivity index (χ3n) is 3.97. The van der Waals surface area contributed by atoms with E-state index >= 15 is 0 Å². The highest BCUT2D eigenvalue weighted by Gasteiger charge is 2.18. The number of thiophene rings is 1. The standard InChI is InChI=1S/C18H18BrNS/c1-10-7-11(2)16(12(3)8-10)17(20)14-9-21-18-13(14)5-4-6-15(18)19/h4-9,17H,20H2,1-3H3. The molecule has 1 heterocycles. The van der Waals surface area contributed by atoms with Crippen molar-refractivity contribution in [1.82, 2.24) is 0 Å². The van der Waals surface area contributed by atoms with E-state index in [1.807, 2.05) is 0 Å². The van der Waals surface area contributed by atoms with Crippen LogP contribution >= 0.6 is 27.3 Å². The zero-order chi connectivity index (χ0) is 15.1. The number of fused-ring (bicyclic) bond motifs is 1. The molecule has 1 atom stereocenters. The van der Waals surface area contributed by atoms with Gasteiger partial charge in [-0.3, -0.25) is 0 Å². The van der Waals surface area contributed by atoms with E-state index in [0.717, 1.165) is 4.47 Å². The molecule has 1 aromatic heterocycles. The first-order valence-electron chi connectivity index (χ1n) is 6.98. The smallest absolute Gasteiger partial charge is 0.0571 e. The summed E-state index contributed by atoms with van der Waals surface area (Å²) < 4.78 is 2.41. The number of hydrogen-bond acceptors (Lipinski definition) is 2. The molecule has 0 saturated carbocycles. The SMILES string of the molecule is Cc1cc(C)c(C(N)c2csc3c(Br)cccc23)c(C)c1. The molecule has 21 heavy (non-hydrogen) atoms. The predicted octanol–water partition coefficient (Wildman–Crippen LogP) is 5.64.